The number of carboxylic acid groups (broad SMARTS) is 1. The predicted octanol–water partition coefficient (Wildman–Crippen LogP) is 1.73. The summed E-state index contributed by atoms with van der Waals surface area (Å²) >= 11 is 0. The second-order valence-electron chi connectivity index (χ2n) is 7.02. The molecule has 162 valence electrons. The molecule has 1 atom stereocenters. The lowest BCUT2D eigenvalue weighted by molar-refractivity contribution is -0.136. The minimum Gasteiger partial charge on any atom is -0.758 e. The quantitative estimate of drug-likeness (QED) is 0.694. The van der Waals surface area contributed by atoms with Gasteiger partial charge in [-0.05, 0) is 35.4 Å². The van der Waals surface area contributed by atoms with E-state index >= 15 is 0 Å². The molecule has 0 fully saturated rings. The Balaban J connectivity index is 1.66. The molecule has 0 bridgehead atoms. The zero-order valence-electron chi connectivity index (χ0n) is 17.1. The van der Waals surface area contributed by atoms with Crippen molar-refractivity contribution in [3.8, 4) is 5.75 Å². The maximum absolute atomic E-state index is 12.7. The zero-order chi connectivity index (χ0) is 22.5. The maximum Gasteiger partial charge on any atom is 0.335 e. The minimum atomic E-state index is -1.06. The molecule has 0 aromatic heterocycles. The standard InChI is InChI=1S/C22H22N3O6/c1-24-19(20(26)23-12-15-5-9-17(31-2)10-6-15)13-25(30)18(21(24)27)11-14-3-7-16(8-4-14)22(28)29/h3-10,13,18H,11-12H2,1-2H3,(H,23,26)(H,28,29)/q-1. The number of benzene rings is 2. The van der Waals surface area contributed by atoms with Crippen LogP contribution in [0.1, 0.15) is 21.5 Å². The Morgan fingerprint density at radius 3 is 2.29 bits per heavy atom. The highest BCUT2D eigenvalue weighted by atomic mass is 16.5. The molecular formula is C22H22N3O6-. The van der Waals surface area contributed by atoms with E-state index in [9.17, 15) is 19.6 Å². The molecule has 0 aliphatic carbocycles. The van der Waals surface area contributed by atoms with Crippen molar-refractivity contribution in [2.45, 2.75) is 19.0 Å². The van der Waals surface area contributed by atoms with Gasteiger partial charge < -0.3 is 30.3 Å². The molecule has 0 radical (unpaired) electrons. The first-order valence-corrected chi connectivity index (χ1v) is 9.48. The Kier molecular flexibility index (Phi) is 6.56. The van der Waals surface area contributed by atoms with Crippen molar-refractivity contribution in [2.75, 3.05) is 14.2 Å². The van der Waals surface area contributed by atoms with Crippen LogP contribution in [0.4, 0.5) is 0 Å². The number of aromatic carboxylic acids is 1. The van der Waals surface area contributed by atoms with Crippen LogP contribution in [-0.2, 0) is 22.6 Å². The van der Waals surface area contributed by atoms with Gasteiger partial charge in [-0.15, -0.1) is 0 Å². The second-order valence-corrected chi connectivity index (χ2v) is 7.02. The van der Waals surface area contributed by atoms with Gasteiger partial charge in [0.2, 0.25) is 5.91 Å². The van der Waals surface area contributed by atoms with E-state index in [4.69, 9.17) is 9.84 Å². The highest BCUT2D eigenvalue weighted by molar-refractivity contribution is 5.99. The first-order chi connectivity index (χ1) is 14.8. The monoisotopic (exact) mass is 424 g/mol. The average molecular weight is 424 g/mol. The Labute approximate surface area is 179 Å². The zero-order valence-corrected chi connectivity index (χ0v) is 17.1. The summed E-state index contributed by atoms with van der Waals surface area (Å²) in [6, 6.07) is 12.0. The molecule has 3 rings (SSSR count). The molecule has 2 N–H and O–H groups in total. The number of amides is 2. The van der Waals surface area contributed by atoms with Gasteiger partial charge in [0, 0.05) is 26.2 Å². The van der Waals surface area contributed by atoms with Crippen molar-refractivity contribution >= 4 is 17.8 Å². The molecule has 0 saturated heterocycles. The Hall–Kier alpha value is -3.85. The molecule has 31 heavy (non-hydrogen) atoms. The van der Waals surface area contributed by atoms with Gasteiger partial charge in [-0.1, -0.05) is 24.3 Å². The van der Waals surface area contributed by atoms with E-state index in [-0.39, 0.29) is 24.2 Å². The van der Waals surface area contributed by atoms with Gasteiger partial charge in [-0.2, -0.15) is 0 Å². The Bertz CT molecular complexity index is 1000. The molecule has 0 spiro atoms. The van der Waals surface area contributed by atoms with Crippen molar-refractivity contribution in [1.29, 1.82) is 0 Å². The molecular weight excluding hydrogens is 402 g/mol. The number of rotatable bonds is 7. The van der Waals surface area contributed by atoms with Crippen molar-refractivity contribution in [3.63, 3.8) is 0 Å². The molecule has 1 unspecified atom stereocenters. The van der Waals surface area contributed by atoms with Crippen LogP contribution < -0.4 is 10.1 Å². The molecule has 1 aliphatic heterocycles. The lowest BCUT2D eigenvalue weighted by Crippen LogP contribution is -2.51. The highest BCUT2D eigenvalue weighted by Gasteiger charge is 2.32. The topological polar surface area (TPSA) is 122 Å². The molecule has 2 amide bonds. The third-order valence-electron chi connectivity index (χ3n) is 5.01. The van der Waals surface area contributed by atoms with Crippen molar-refractivity contribution in [2.24, 2.45) is 0 Å². The number of likely N-dealkylation sites (N-methyl/N-ethyl adjacent to an activating group) is 1. The van der Waals surface area contributed by atoms with Gasteiger partial charge in [0.05, 0.1) is 12.7 Å². The van der Waals surface area contributed by atoms with E-state index < -0.39 is 23.8 Å². The molecule has 1 aliphatic rings. The third kappa shape index (κ3) is 5.01. The number of hydrogen-bond donors (Lipinski definition) is 2. The van der Waals surface area contributed by atoms with Gasteiger partial charge in [0.1, 0.15) is 17.5 Å². The number of carboxylic acids is 1. The third-order valence-corrected chi connectivity index (χ3v) is 5.01. The van der Waals surface area contributed by atoms with Crippen molar-refractivity contribution < 1.29 is 24.2 Å². The predicted molar refractivity (Wildman–Crippen MR) is 112 cm³/mol. The Morgan fingerprint density at radius 2 is 1.71 bits per heavy atom. The number of ether oxygens (including phenoxy) is 1. The molecule has 9 heteroatoms. The lowest BCUT2D eigenvalue weighted by Gasteiger charge is -2.42. The number of hydrogen-bond acceptors (Lipinski definition) is 6. The van der Waals surface area contributed by atoms with E-state index in [0.29, 0.717) is 16.4 Å². The van der Waals surface area contributed by atoms with Gasteiger partial charge >= 0.3 is 5.97 Å². The van der Waals surface area contributed by atoms with Crippen LogP contribution in [0.3, 0.4) is 0 Å². The Morgan fingerprint density at radius 1 is 1.10 bits per heavy atom. The van der Waals surface area contributed by atoms with Crippen LogP contribution in [0.15, 0.2) is 60.4 Å². The maximum atomic E-state index is 12.7. The molecule has 1 heterocycles. The number of nitrogens with one attached hydrogen (secondary N) is 1. The first kappa shape index (κ1) is 21.8. The molecule has 2 aromatic rings. The van der Waals surface area contributed by atoms with E-state index in [1.807, 2.05) is 0 Å². The molecule has 9 nitrogen and oxygen atoms in total. The number of methoxy groups -OCH3 is 1. The summed E-state index contributed by atoms with van der Waals surface area (Å²) in [6.07, 6.45) is 1.19. The molecule has 2 aromatic carbocycles. The summed E-state index contributed by atoms with van der Waals surface area (Å²) < 4.78 is 5.09. The van der Waals surface area contributed by atoms with Gasteiger partial charge in [-0.3, -0.25) is 9.59 Å². The largest absolute Gasteiger partial charge is 0.758 e. The SMILES string of the molecule is COc1ccc(CNC(=O)C2=CN([O-])C(Cc3ccc(C(=O)O)cc3)C(=O)N2C)cc1. The number of hydroxylamine groups is 2. The van der Waals surface area contributed by atoms with E-state index in [0.717, 1.165) is 16.7 Å². The fraction of sp³-hybridized carbons (Fsp3) is 0.227. The summed E-state index contributed by atoms with van der Waals surface area (Å²) in [4.78, 5) is 37.4. The number of nitrogens with zero attached hydrogens (tertiary/aromatic N) is 2. The van der Waals surface area contributed by atoms with E-state index in [1.54, 1.807) is 43.5 Å². The van der Waals surface area contributed by atoms with Crippen molar-refractivity contribution in [3.05, 3.63) is 82.3 Å². The van der Waals surface area contributed by atoms with Crippen LogP contribution >= 0.6 is 0 Å². The van der Waals surface area contributed by atoms with Crippen molar-refractivity contribution in [1.82, 2.24) is 15.3 Å². The normalized spacial score (nSPS) is 16.0. The smallest absolute Gasteiger partial charge is 0.335 e. The van der Waals surface area contributed by atoms with Crippen LogP contribution in [-0.4, -0.2) is 53.1 Å². The van der Waals surface area contributed by atoms with Gasteiger partial charge in [-0.25, -0.2) is 4.79 Å². The average Bonchev–Trinajstić information content (AvgIpc) is 2.78. The summed E-state index contributed by atoms with van der Waals surface area (Å²) in [7, 11) is 3.00. The highest BCUT2D eigenvalue weighted by Crippen LogP contribution is 2.21. The van der Waals surface area contributed by atoms with Gasteiger partial charge in [0.15, 0.2) is 0 Å². The summed E-state index contributed by atoms with van der Waals surface area (Å²) in [5.74, 6) is -1.43. The summed E-state index contributed by atoms with van der Waals surface area (Å²) in [5, 5.41) is 24.6. The van der Waals surface area contributed by atoms with E-state index in [2.05, 4.69) is 5.32 Å². The number of carbonyl (C=O) groups excluding carboxylic acids is 2. The fourth-order valence-corrected chi connectivity index (χ4v) is 3.16. The second kappa shape index (κ2) is 9.31. The summed E-state index contributed by atoms with van der Waals surface area (Å²) in [5.41, 5.74) is 1.54. The summed E-state index contributed by atoms with van der Waals surface area (Å²) in [6.45, 7) is 0.223. The van der Waals surface area contributed by atoms with Crippen LogP contribution in [0, 0.1) is 5.21 Å². The number of carbonyl (C=O) groups is 3. The fourth-order valence-electron chi connectivity index (χ4n) is 3.16. The van der Waals surface area contributed by atoms with E-state index in [1.165, 1.54) is 19.2 Å². The minimum absolute atomic E-state index is 0.0500. The lowest BCUT2D eigenvalue weighted by atomic mass is 10.0. The van der Waals surface area contributed by atoms with Crippen LogP contribution in [0.25, 0.3) is 0 Å². The van der Waals surface area contributed by atoms with Gasteiger partial charge in [0.25, 0.3) is 5.91 Å². The van der Waals surface area contributed by atoms with Crippen LogP contribution in [0.2, 0.25) is 0 Å². The first-order valence-electron chi connectivity index (χ1n) is 9.48. The molecule has 0 saturated carbocycles. The van der Waals surface area contributed by atoms with Crippen LogP contribution in [0.5, 0.6) is 5.75 Å².